The maximum atomic E-state index is 5.40. The third-order valence-electron chi connectivity index (χ3n) is 10.2. The van der Waals surface area contributed by atoms with Gasteiger partial charge in [-0.2, -0.15) is 0 Å². The predicted octanol–water partition coefficient (Wildman–Crippen LogP) is 12.7. The first-order valence-corrected chi connectivity index (χ1v) is 17.7. The van der Waals surface area contributed by atoms with Crippen LogP contribution in [-0.4, -0.2) is 14.5 Å². The van der Waals surface area contributed by atoms with Crippen molar-refractivity contribution in [3.05, 3.63) is 164 Å². The lowest BCUT2D eigenvalue weighted by atomic mass is 9.97. The zero-order valence-electron chi connectivity index (χ0n) is 26.8. The molecule has 0 aliphatic rings. The highest BCUT2D eigenvalue weighted by molar-refractivity contribution is 7.26. The Labute approximate surface area is 291 Å². The van der Waals surface area contributed by atoms with E-state index in [4.69, 9.17) is 9.97 Å². The van der Waals surface area contributed by atoms with Crippen LogP contribution in [0.5, 0.6) is 0 Å². The summed E-state index contributed by atoms with van der Waals surface area (Å²) in [5.74, 6) is 0.665. The van der Waals surface area contributed by atoms with Crippen LogP contribution < -0.4 is 0 Å². The largest absolute Gasteiger partial charge is 0.277 e. The van der Waals surface area contributed by atoms with Crippen LogP contribution in [0.2, 0.25) is 0 Å². The summed E-state index contributed by atoms with van der Waals surface area (Å²) in [6, 6.07) is 58.9. The second-order valence-corrected chi connectivity index (χ2v) is 14.0. The Morgan fingerprint density at radius 3 is 1.96 bits per heavy atom. The lowest BCUT2D eigenvalue weighted by Gasteiger charge is -2.13. The van der Waals surface area contributed by atoms with Crippen LogP contribution in [0, 0.1) is 0 Å². The molecule has 50 heavy (non-hydrogen) atoms. The van der Waals surface area contributed by atoms with E-state index >= 15 is 0 Å². The molecule has 232 valence electrons. The van der Waals surface area contributed by atoms with Crippen molar-refractivity contribution < 1.29 is 0 Å². The van der Waals surface area contributed by atoms with E-state index < -0.39 is 0 Å². The normalized spacial score (nSPS) is 12.0. The highest BCUT2D eigenvalue weighted by Crippen LogP contribution is 2.44. The van der Waals surface area contributed by atoms with Crippen molar-refractivity contribution in [2.75, 3.05) is 0 Å². The van der Waals surface area contributed by atoms with Gasteiger partial charge in [-0.3, -0.25) is 4.57 Å². The molecule has 4 heteroatoms. The third-order valence-corrected chi connectivity index (χ3v) is 11.3. The van der Waals surface area contributed by atoms with Gasteiger partial charge in [0.1, 0.15) is 0 Å². The molecule has 0 saturated carbocycles. The van der Waals surface area contributed by atoms with Gasteiger partial charge >= 0.3 is 0 Å². The van der Waals surface area contributed by atoms with Gasteiger partial charge in [-0.25, -0.2) is 9.97 Å². The van der Waals surface area contributed by atoms with Crippen LogP contribution in [-0.2, 0) is 0 Å². The van der Waals surface area contributed by atoms with Crippen LogP contribution in [0.1, 0.15) is 0 Å². The Kier molecular flexibility index (Phi) is 5.83. The number of nitrogens with zero attached hydrogens (tertiary/aromatic N) is 3. The number of fused-ring (bicyclic) bond motifs is 11. The van der Waals surface area contributed by atoms with Crippen LogP contribution in [0.25, 0.3) is 103 Å². The second-order valence-electron chi connectivity index (χ2n) is 12.9. The van der Waals surface area contributed by atoms with Gasteiger partial charge in [-0.15, -0.1) is 11.3 Å². The molecular weight excluding hydrogens is 627 g/mol. The summed E-state index contributed by atoms with van der Waals surface area (Å²) >= 11 is 1.86. The van der Waals surface area contributed by atoms with E-state index in [1.54, 1.807) is 0 Å². The van der Waals surface area contributed by atoms with E-state index in [1.807, 2.05) is 11.3 Å². The van der Waals surface area contributed by atoms with Crippen molar-refractivity contribution in [2.45, 2.75) is 0 Å². The van der Waals surface area contributed by atoms with Gasteiger partial charge in [0.25, 0.3) is 0 Å². The molecule has 3 heterocycles. The topological polar surface area (TPSA) is 30.7 Å². The van der Waals surface area contributed by atoms with E-state index in [2.05, 4.69) is 168 Å². The van der Waals surface area contributed by atoms with Gasteiger partial charge in [-0.1, -0.05) is 133 Å². The molecule has 8 aromatic carbocycles. The summed E-state index contributed by atoms with van der Waals surface area (Å²) in [5.41, 5.74) is 7.45. The van der Waals surface area contributed by atoms with Crippen molar-refractivity contribution in [3.63, 3.8) is 0 Å². The zero-order chi connectivity index (χ0) is 32.8. The first-order chi connectivity index (χ1) is 24.8. The third kappa shape index (κ3) is 3.97. The van der Waals surface area contributed by atoms with Gasteiger partial charge in [-0.05, 0) is 57.4 Å². The Bertz CT molecular complexity index is 3150. The summed E-state index contributed by atoms with van der Waals surface area (Å²) in [4.78, 5) is 10.7. The molecule has 3 nitrogen and oxygen atoms in total. The molecule has 0 fully saturated rings. The van der Waals surface area contributed by atoms with Crippen molar-refractivity contribution in [3.8, 4) is 28.3 Å². The van der Waals surface area contributed by atoms with Crippen molar-refractivity contribution in [1.29, 1.82) is 0 Å². The molecule has 0 unspecified atom stereocenters. The van der Waals surface area contributed by atoms with Crippen LogP contribution in [0.3, 0.4) is 0 Å². The Hall–Kier alpha value is -6.36. The summed E-state index contributed by atoms with van der Waals surface area (Å²) in [6.45, 7) is 0. The number of hydrogen-bond donors (Lipinski definition) is 0. The van der Waals surface area contributed by atoms with Crippen LogP contribution in [0.15, 0.2) is 164 Å². The predicted molar refractivity (Wildman–Crippen MR) is 213 cm³/mol. The minimum atomic E-state index is 0.665. The van der Waals surface area contributed by atoms with Crippen LogP contribution >= 0.6 is 11.3 Å². The SMILES string of the molecule is c1ccc(-c2nc(-n3c4ccc5ccccc5c4c4cccc(-c5ccc6sc7ccc8ccccc8c7c6c5)c43)nc3ccccc23)cc1. The van der Waals surface area contributed by atoms with Gasteiger partial charge in [0.05, 0.1) is 22.2 Å². The number of para-hydroxylation sites is 2. The van der Waals surface area contributed by atoms with E-state index in [-0.39, 0.29) is 0 Å². The molecule has 0 bridgehead atoms. The number of thiophene rings is 1. The van der Waals surface area contributed by atoms with E-state index in [0.29, 0.717) is 5.95 Å². The summed E-state index contributed by atoms with van der Waals surface area (Å²) in [6.07, 6.45) is 0. The maximum absolute atomic E-state index is 5.40. The molecule has 0 atom stereocenters. The average molecular weight is 654 g/mol. The smallest absolute Gasteiger partial charge is 0.235 e. The Morgan fingerprint density at radius 1 is 0.440 bits per heavy atom. The molecule has 3 aromatic heterocycles. The lowest BCUT2D eigenvalue weighted by molar-refractivity contribution is 1.01. The molecule has 0 aliphatic heterocycles. The Balaban J connectivity index is 1.28. The van der Waals surface area contributed by atoms with Crippen molar-refractivity contribution in [1.82, 2.24) is 14.5 Å². The fourth-order valence-electron chi connectivity index (χ4n) is 7.97. The van der Waals surface area contributed by atoms with Gasteiger partial charge < -0.3 is 0 Å². The number of benzene rings is 8. The summed E-state index contributed by atoms with van der Waals surface area (Å²) in [5, 5.41) is 11.1. The van der Waals surface area contributed by atoms with Crippen molar-refractivity contribution in [2.24, 2.45) is 0 Å². The van der Waals surface area contributed by atoms with E-state index in [9.17, 15) is 0 Å². The average Bonchev–Trinajstić information content (AvgIpc) is 3.74. The molecule has 11 rings (SSSR count). The van der Waals surface area contributed by atoms with Gasteiger partial charge in [0, 0.05) is 47.5 Å². The molecule has 0 saturated heterocycles. The van der Waals surface area contributed by atoms with E-state index in [1.165, 1.54) is 58.1 Å². The number of aromatic nitrogens is 3. The fraction of sp³-hybridized carbons (Fsp3) is 0. The molecule has 0 amide bonds. The fourth-order valence-corrected chi connectivity index (χ4v) is 9.07. The van der Waals surface area contributed by atoms with E-state index in [0.717, 1.165) is 38.8 Å². The van der Waals surface area contributed by atoms with Gasteiger partial charge in [0.2, 0.25) is 5.95 Å². The quantitative estimate of drug-likeness (QED) is 0.190. The van der Waals surface area contributed by atoms with Crippen LogP contribution in [0.4, 0.5) is 0 Å². The highest BCUT2D eigenvalue weighted by atomic mass is 32.1. The molecule has 0 aliphatic carbocycles. The standard InChI is InChI=1S/C46H27N3S/c1-2-13-30(14-3-1)44-35-17-8-9-20-38(35)47-46(48-44)49-39-24-21-28-11-4-6-15-32(28)42(39)36-19-10-18-34(45(36)49)31-23-25-40-37(27-31)43-33-16-7-5-12-29(33)22-26-41(43)50-40/h1-27H. The maximum Gasteiger partial charge on any atom is 0.235 e. The summed E-state index contributed by atoms with van der Waals surface area (Å²) in [7, 11) is 0. The first kappa shape index (κ1) is 27.6. The Morgan fingerprint density at radius 2 is 1.12 bits per heavy atom. The zero-order valence-corrected chi connectivity index (χ0v) is 27.7. The lowest BCUT2D eigenvalue weighted by Crippen LogP contribution is -2.04. The molecule has 0 radical (unpaired) electrons. The minimum Gasteiger partial charge on any atom is -0.277 e. The van der Waals surface area contributed by atoms with Gasteiger partial charge in [0.15, 0.2) is 0 Å². The highest BCUT2D eigenvalue weighted by Gasteiger charge is 2.22. The van der Waals surface area contributed by atoms with Crippen molar-refractivity contribution >= 4 is 85.8 Å². The molecule has 0 N–H and O–H groups in total. The summed E-state index contributed by atoms with van der Waals surface area (Å²) < 4.78 is 4.91. The number of rotatable bonds is 3. The number of hydrogen-bond acceptors (Lipinski definition) is 3. The monoisotopic (exact) mass is 653 g/mol. The first-order valence-electron chi connectivity index (χ1n) is 16.9. The minimum absolute atomic E-state index is 0.665. The molecule has 0 spiro atoms. The second kappa shape index (κ2) is 10.6. The molecular formula is C46H27N3S. The molecule has 11 aromatic rings.